The third kappa shape index (κ3) is 4.42. The Bertz CT molecular complexity index is 940. The Morgan fingerprint density at radius 2 is 1.78 bits per heavy atom. The molecule has 3 rings (SSSR count). The van der Waals surface area contributed by atoms with Gasteiger partial charge in [0.2, 0.25) is 11.7 Å². The fourth-order valence-electron chi connectivity index (χ4n) is 2.35. The van der Waals surface area contributed by atoms with Gasteiger partial charge >= 0.3 is 0 Å². The summed E-state index contributed by atoms with van der Waals surface area (Å²) in [5, 5.41) is 16.9. The van der Waals surface area contributed by atoms with Crippen molar-refractivity contribution in [1.82, 2.24) is 25.5 Å². The number of nitrogens with one attached hydrogen (secondary N) is 2. The van der Waals surface area contributed by atoms with Crippen molar-refractivity contribution in [3.8, 4) is 11.4 Å². The van der Waals surface area contributed by atoms with Crippen LogP contribution in [0.15, 0.2) is 42.5 Å². The molecule has 1 heterocycles. The normalized spacial score (nSPS) is 10.5. The first-order valence-corrected chi connectivity index (χ1v) is 8.54. The largest absolute Gasteiger partial charge is 0.332 e. The van der Waals surface area contributed by atoms with E-state index in [2.05, 4.69) is 25.9 Å². The van der Waals surface area contributed by atoms with Crippen LogP contribution in [0.2, 0.25) is 10.0 Å². The molecule has 0 saturated carbocycles. The molecule has 2 aromatic carbocycles. The molecule has 0 bridgehead atoms. The lowest BCUT2D eigenvalue weighted by Crippen LogP contribution is -2.35. The molecule has 0 saturated heterocycles. The van der Waals surface area contributed by atoms with Gasteiger partial charge in [-0.25, -0.2) is 0 Å². The Hall–Kier alpha value is -2.97. The first-order chi connectivity index (χ1) is 13.0. The number of amides is 2. The number of para-hydroxylation sites is 1. The summed E-state index contributed by atoms with van der Waals surface area (Å²) in [5.41, 5.74) is 1.46. The van der Waals surface area contributed by atoms with E-state index in [0.29, 0.717) is 32.7 Å². The maximum absolute atomic E-state index is 12.5. The Morgan fingerprint density at radius 1 is 1.11 bits per heavy atom. The second-order valence-electron chi connectivity index (χ2n) is 5.62. The molecular weight excluding hydrogens is 391 g/mol. The molecule has 0 aliphatic rings. The third-order valence-corrected chi connectivity index (χ3v) is 4.32. The second kappa shape index (κ2) is 8.15. The monoisotopic (exact) mass is 404 g/mol. The van der Waals surface area contributed by atoms with Crippen molar-refractivity contribution >= 4 is 40.7 Å². The average Bonchev–Trinajstić information content (AvgIpc) is 3.19. The summed E-state index contributed by atoms with van der Waals surface area (Å²) in [6.07, 6.45) is 0. The van der Waals surface area contributed by atoms with E-state index in [1.807, 2.05) is 0 Å². The summed E-state index contributed by atoms with van der Waals surface area (Å²) in [7, 11) is 1.53. The topological polar surface area (TPSA) is 104 Å². The Kier molecular flexibility index (Phi) is 5.68. The number of H-pyrrole nitrogens is 1. The maximum atomic E-state index is 12.5. The standard InChI is InChI=1S/C17H14Cl2N6O2/c1-25(9-14(26)20-15-12(18)3-2-4-13(15)19)17(27)11-7-5-10(6-8-11)16-21-23-24-22-16/h2-8H,9H2,1H3,(H,20,26)(H,21,22,23,24). The van der Waals surface area contributed by atoms with Crippen molar-refractivity contribution in [3.05, 3.63) is 58.1 Å². The van der Waals surface area contributed by atoms with Gasteiger partial charge in [0.25, 0.3) is 5.91 Å². The number of halogens is 2. The molecule has 0 unspecified atom stereocenters. The molecule has 1 aromatic heterocycles. The second-order valence-corrected chi connectivity index (χ2v) is 6.43. The third-order valence-electron chi connectivity index (χ3n) is 3.69. The molecule has 27 heavy (non-hydrogen) atoms. The molecule has 0 radical (unpaired) electrons. The number of aromatic amines is 1. The van der Waals surface area contributed by atoms with Crippen LogP contribution in [0.1, 0.15) is 10.4 Å². The highest BCUT2D eigenvalue weighted by Crippen LogP contribution is 2.29. The van der Waals surface area contributed by atoms with Gasteiger partial charge in [-0.15, -0.1) is 10.2 Å². The SMILES string of the molecule is CN(CC(=O)Nc1c(Cl)cccc1Cl)C(=O)c1ccc(-c2nn[nH]n2)cc1. The minimum atomic E-state index is -0.413. The van der Waals surface area contributed by atoms with E-state index in [1.54, 1.807) is 42.5 Å². The molecule has 0 atom stereocenters. The molecule has 138 valence electrons. The van der Waals surface area contributed by atoms with Gasteiger partial charge in [-0.2, -0.15) is 5.21 Å². The molecule has 8 nitrogen and oxygen atoms in total. The zero-order valence-corrected chi connectivity index (χ0v) is 15.6. The van der Waals surface area contributed by atoms with Gasteiger partial charge in [0, 0.05) is 18.2 Å². The predicted molar refractivity (Wildman–Crippen MR) is 102 cm³/mol. The van der Waals surface area contributed by atoms with E-state index in [9.17, 15) is 9.59 Å². The van der Waals surface area contributed by atoms with Crippen molar-refractivity contribution in [3.63, 3.8) is 0 Å². The smallest absolute Gasteiger partial charge is 0.254 e. The number of rotatable bonds is 5. The Labute approximate surface area is 164 Å². The van der Waals surface area contributed by atoms with E-state index < -0.39 is 5.91 Å². The Balaban J connectivity index is 1.64. The summed E-state index contributed by atoms with van der Waals surface area (Å²) in [6, 6.07) is 11.6. The van der Waals surface area contributed by atoms with Gasteiger partial charge in [0.1, 0.15) is 0 Å². The number of anilines is 1. The average molecular weight is 405 g/mol. The van der Waals surface area contributed by atoms with Crippen LogP contribution in [-0.2, 0) is 4.79 Å². The minimum Gasteiger partial charge on any atom is -0.332 e. The van der Waals surface area contributed by atoms with E-state index in [-0.39, 0.29) is 12.5 Å². The van der Waals surface area contributed by atoms with Gasteiger partial charge in [0.05, 0.1) is 22.3 Å². The lowest BCUT2D eigenvalue weighted by atomic mass is 10.1. The summed E-state index contributed by atoms with van der Waals surface area (Å²) in [4.78, 5) is 26.0. The molecule has 2 amide bonds. The van der Waals surface area contributed by atoms with E-state index >= 15 is 0 Å². The zero-order valence-electron chi connectivity index (χ0n) is 14.1. The molecular formula is C17H14Cl2N6O2. The molecule has 0 fully saturated rings. The molecule has 0 aliphatic heterocycles. The number of benzene rings is 2. The number of tetrazole rings is 1. The number of likely N-dealkylation sites (N-methyl/N-ethyl adjacent to an activating group) is 1. The van der Waals surface area contributed by atoms with Gasteiger partial charge in [-0.3, -0.25) is 9.59 Å². The van der Waals surface area contributed by atoms with Crippen LogP contribution in [0.4, 0.5) is 5.69 Å². The molecule has 3 aromatic rings. The van der Waals surface area contributed by atoms with Crippen LogP contribution in [0, 0.1) is 0 Å². The van der Waals surface area contributed by atoms with Crippen LogP contribution < -0.4 is 5.32 Å². The van der Waals surface area contributed by atoms with Crippen molar-refractivity contribution in [1.29, 1.82) is 0 Å². The van der Waals surface area contributed by atoms with Crippen LogP contribution in [0.25, 0.3) is 11.4 Å². The highest BCUT2D eigenvalue weighted by Gasteiger charge is 2.17. The summed E-state index contributed by atoms with van der Waals surface area (Å²) >= 11 is 12.1. The van der Waals surface area contributed by atoms with Crippen LogP contribution >= 0.6 is 23.2 Å². The fourth-order valence-corrected chi connectivity index (χ4v) is 2.84. The summed E-state index contributed by atoms with van der Waals surface area (Å²) in [5.74, 6) is -0.294. The van der Waals surface area contributed by atoms with Crippen molar-refractivity contribution in [2.75, 3.05) is 18.9 Å². The van der Waals surface area contributed by atoms with Crippen molar-refractivity contribution < 1.29 is 9.59 Å². The van der Waals surface area contributed by atoms with Crippen LogP contribution in [0.5, 0.6) is 0 Å². The van der Waals surface area contributed by atoms with Gasteiger partial charge < -0.3 is 10.2 Å². The number of aromatic nitrogens is 4. The minimum absolute atomic E-state index is 0.160. The predicted octanol–water partition coefficient (Wildman–Crippen LogP) is 2.88. The summed E-state index contributed by atoms with van der Waals surface area (Å²) < 4.78 is 0. The van der Waals surface area contributed by atoms with Crippen LogP contribution in [0.3, 0.4) is 0 Å². The molecule has 0 aliphatic carbocycles. The van der Waals surface area contributed by atoms with Crippen LogP contribution in [-0.4, -0.2) is 50.9 Å². The van der Waals surface area contributed by atoms with Crippen molar-refractivity contribution in [2.45, 2.75) is 0 Å². The highest BCUT2D eigenvalue weighted by atomic mass is 35.5. The van der Waals surface area contributed by atoms with E-state index in [1.165, 1.54) is 11.9 Å². The lowest BCUT2D eigenvalue weighted by molar-refractivity contribution is -0.116. The number of carbonyl (C=O) groups is 2. The fraction of sp³-hybridized carbons (Fsp3) is 0.118. The summed E-state index contributed by atoms with van der Waals surface area (Å²) in [6.45, 7) is -0.160. The first kappa shape index (κ1) is 18.8. The quantitative estimate of drug-likeness (QED) is 0.680. The number of hydrogen-bond acceptors (Lipinski definition) is 5. The molecule has 0 spiro atoms. The lowest BCUT2D eigenvalue weighted by Gasteiger charge is -2.17. The number of nitrogens with zero attached hydrogens (tertiary/aromatic N) is 4. The molecule has 10 heteroatoms. The zero-order chi connectivity index (χ0) is 19.4. The maximum Gasteiger partial charge on any atom is 0.254 e. The Morgan fingerprint density at radius 3 is 2.37 bits per heavy atom. The van der Waals surface area contributed by atoms with Gasteiger partial charge in [0.15, 0.2) is 0 Å². The van der Waals surface area contributed by atoms with Crippen molar-refractivity contribution in [2.24, 2.45) is 0 Å². The first-order valence-electron chi connectivity index (χ1n) is 7.79. The highest BCUT2D eigenvalue weighted by molar-refractivity contribution is 6.39. The number of hydrogen-bond donors (Lipinski definition) is 2. The molecule has 2 N–H and O–H groups in total. The van der Waals surface area contributed by atoms with E-state index in [4.69, 9.17) is 23.2 Å². The number of carbonyl (C=O) groups excluding carboxylic acids is 2. The van der Waals surface area contributed by atoms with E-state index in [0.717, 1.165) is 0 Å². The van der Waals surface area contributed by atoms with Gasteiger partial charge in [-0.1, -0.05) is 41.4 Å². The van der Waals surface area contributed by atoms with Gasteiger partial charge in [-0.05, 0) is 29.5 Å².